The molecule has 54 heavy (non-hydrogen) atoms. The van der Waals surface area contributed by atoms with Crippen LogP contribution in [0.3, 0.4) is 0 Å². The molecular weight excluding hydrogens is 657 g/mol. The molecule has 0 aliphatic heterocycles. The molecule has 250 valence electrons. The topological polar surface area (TPSA) is 26.3 Å². The molecule has 2 heterocycles. The molecule has 2 nitrogen and oxygen atoms in total. The first-order chi connectivity index (χ1) is 26.7. The van der Waals surface area contributed by atoms with Crippen molar-refractivity contribution in [2.75, 3.05) is 0 Å². The number of fused-ring (bicyclic) bond motifs is 10. The standard InChI is InChI=1S/C52H30O2/c1-2-10-34-25-37(24-19-31(34)9-1)52-42-14-5-3-12-40(42)51(41-13-4-6-15-43(41)52)33-20-17-32(18-21-33)35-22-23-36-28-48-44(27-38(36)26-35)46-30-49-45(29-50(46)54-48)39-11-7-8-16-47(39)53-49/h1-30H. The molecule has 0 saturated heterocycles. The predicted octanol–water partition coefficient (Wildman–Crippen LogP) is 15.1. The third-order valence-electron chi connectivity index (χ3n) is 11.4. The molecule has 0 radical (unpaired) electrons. The Morgan fingerprint density at radius 3 is 1.39 bits per heavy atom. The van der Waals surface area contributed by atoms with Gasteiger partial charge in [0.25, 0.3) is 0 Å². The third-order valence-corrected chi connectivity index (χ3v) is 11.4. The predicted molar refractivity (Wildman–Crippen MR) is 227 cm³/mol. The van der Waals surface area contributed by atoms with Crippen LogP contribution in [0.4, 0.5) is 0 Å². The van der Waals surface area contributed by atoms with Crippen molar-refractivity contribution in [3.8, 4) is 33.4 Å². The van der Waals surface area contributed by atoms with Gasteiger partial charge >= 0.3 is 0 Å². The second-order valence-corrected chi connectivity index (χ2v) is 14.4. The van der Waals surface area contributed by atoms with Gasteiger partial charge in [0.1, 0.15) is 22.3 Å². The first-order valence-electron chi connectivity index (χ1n) is 18.5. The summed E-state index contributed by atoms with van der Waals surface area (Å²) in [6.45, 7) is 0. The molecule has 0 saturated carbocycles. The lowest BCUT2D eigenvalue weighted by Gasteiger charge is -2.18. The lowest BCUT2D eigenvalue weighted by atomic mass is 9.85. The summed E-state index contributed by atoms with van der Waals surface area (Å²) >= 11 is 0. The molecule has 0 fully saturated rings. The van der Waals surface area contributed by atoms with Gasteiger partial charge in [0.05, 0.1) is 0 Å². The molecule has 10 aromatic carbocycles. The van der Waals surface area contributed by atoms with Crippen LogP contribution in [-0.4, -0.2) is 0 Å². The highest BCUT2D eigenvalue weighted by Crippen LogP contribution is 2.45. The van der Waals surface area contributed by atoms with Crippen molar-refractivity contribution < 1.29 is 8.83 Å². The zero-order valence-electron chi connectivity index (χ0n) is 29.1. The Morgan fingerprint density at radius 1 is 0.222 bits per heavy atom. The van der Waals surface area contributed by atoms with E-state index < -0.39 is 0 Å². The summed E-state index contributed by atoms with van der Waals surface area (Å²) in [6, 6.07) is 65.9. The highest BCUT2D eigenvalue weighted by atomic mass is 16.3. The van der Waals surface area contributed by atoms with E-state index in [0.29, 0.717) is 0 Å². The van der Waals surface area contributed by atoms with E-state index in [2.05, 4.69) is 164 Å². The molecular formula is C52H30O2. The van der Waals surface area contributed by atoms with Crippen molar-refractivity contribution in [3.05, 3.63) is 182 Å². The van der Waals surface area contributed by atoms with Gasteiger partial charge in [-0.25, -0.2) is 0 Å². The largest absolute Gasteiger partial charge is 0.456 e. The summed E-state index contributed by atoms with van der Waals surface area (Å²) in [5.74, 6) is 0. The fourth-order valence-electron chi connectivity index (χ4n) is 8.84. The van der Waals surface area contributed by atoms with Crippen molar-refractivity contribution in [1.29, 1.82) is 0 Å². The lowest BCUT2D eigenvalue weighted by molar-refractivity contribution is 0.664. The number of hydrogen-bond donors (Lipinski definition) is 0. The van der Waals surface area contributed by atoms with Crippen LogP contribution >= 0.6 is 0 Å². The Labute approximate surface area is 310 Å². The molecule has 12 rings (SSSR count). The second-order valence-electron chi connectivity index (χ2n) is 14.4. The summed E-state index contributed by atoms with van der Waals surface area (Å²) in [6.07, 6.45) is 0. The van der Waals surface area contributed by atoms with Gasteiger partial charge in [-0.15, -0.1) is 0 Å². The molecule has 0 N–H and O–H groups in total. The van der Waals surface area contributed by atoms with Crippen LogP contribution < -0.4 is 0 Å². The minimum Gasteiger partial charge on any atom is -0.456 e. The molecule has 0 aliphatic rings. The van der Waals surface area contributed by atoms with Crippen LogP contribution in [0.2, 0.25) is 0 Å². The first kappa shape index (κ1) is 29.4. The van der Waals surface area contributed by atoms with E-state index >= 15 is 0 Å². The Kier molecular flexibility index (Phi) is 6.09. The molecule has 0 unspecified atom stereocenters. The molecule has 0 amide bonds. The van der Waals surface area contributed by atoms with E-state index in [-0.39, 0.29) is 0 Å². The minimum absolute atomic E-state index is 0.875. The normalized spacial score (nSPS) is 12.1. The Balaban J connectivity index is 0.974. The fraction of sp³-hybridized carbons (Fsp3) is 0. The average Bonchev–Trinajstić information content (AvgIpc) is 3.77. The maximum Gasteiger partial charge on any atom is 0.136 e. The summed E-state index contributed by atoms with van der Waals surface area (Å²) < 4.78 is 12.7. The van der Waals surface area contributed by atoms with Gasteiger partial charge in [-0.3, -0.25) is 0 Å². The van der Waals surface area contributed by atoms with E-state index in [1.165, 1.54) is 71.1 Å². The van der Waals surface area contributed by atoms with Crippen molar-refractivity contribution >= 4 is 87.0 Å². The fourth-order valence-corrected chi connectivity index (χ4v) is 8.84. The highest BCUT2D eigenvalue weighted by molar-refractivity contribution is 6.22. The van der Waals surface area contributed by atoms with Crippen molar-refractivity contribution in [1.82, 2.24) is 0 Å². The van der Waals surface area contributed by atoms with Crippen molar-refractivity contribution in [2.45, 2.75) is 0 Å². The molecule has 2 aromatic heterocycles. The summed E-state index contributed by atoms with van der Waals surface area (Å²) in [5, 5.41) is 14.2. The van der Waals surface area contributed by atoms with E-state index in [4.69, 9.17) is 8.83 Å². The molecule has 2 heteroatoms. The lowest BCUT2D eigenvalue weighted by Crippen LogP contribution is -1.91. The van der Waals surface area contributed by atoms with Gasteiger partial charge in [0.15, 0.2) is 0 Å². The van der Waals surface area contributed by atoms with Gasteiger partial charge in [-0.1, -0.05) is 140 Å². The van der Waals surface area contributed by atoms with Gasteiger partial charge in [-0.2, -0.15) is 0 Å². The minimum atomic E-state index is 0.875. The van der Waals surface area contributed by atoms with Crippen molar-refractivity contribution in [3.63, 3.8) is 0 Å². The first-order valence-corrected chi connectivity index (χ1v) is 18.5. The SMILES string of the molecule is c1ccc2cc(-c3c4ccccc4c(-c4ccc(-c5ccc6cc7oc8cc9c(cc8c7cc6c5)oc5ccccc59)cc4)c4ccccc34)ccc2c1. The van der Waals surface area contributed by atoms with Gasteiger partial charge in [-0.05, 0) is 119 Å². The number of rotatable bonds is 3. The van der Waals surface area contributed by atoms with Gasteiger partial charge in [0.2, 0.25) is 0 Å². The quantitative estimate of drug-likeness (QED) is 0.173. The zero-order chi connectivity index (χ0) is 35.3. The van der Waals surface area contributed by atoms with E-state index in [1.54, 1.807) is 0 Å². The monoisotopic (exact) mass is 686 g/mol. The molecule has 0 atom stereocenters. The smallest absolute Gasteiger partial charge is 0.136 e. The van der Waals surface area contributed by atoms with Crippen LogP contribution in [-0.2, 0) is 0 Å². The molecule has 12 aromatic rings. The number of furan rings is 2. The molecule has 0 spiro atoms. The van der Waals surface area contributed by atoms with Crippen molar-refractivity contribution in [2.24, 2.45) is 0 Å². The van der Waals surface area contributed by atoms with E-state index in [9.17, 15) is 0 Å². The Morgan fingerprint density at radius 2 is 0.667 bits per heavy atom. The van der Waals surface area contributed by atoms with Crippen LogP contribution in [0.25, 0.3) is 120 Å². The van der Waals surface area contributed by atoms with Gasteiger partial charge < -0.3 is 8.83 Å². The van der Waals surface area contributed by atoms with Crippen LogP contribution in [0, 0.1) is 0 Å². The molecule has 0 bridgehead atoms. The number of para-hydroxylation sites is 1. The van der Waals surface area contributed by atoms with Gasteiger partial charge in [0, 0.05) is 21.5 Å². The Hall–Kier alpha value is -7.16. The van der Waals surface area contributed by atoms with Crippen LogP contribution in [0.5, 0.6) is 0 Å². The zero-order valence-corrected chi connectivity index (χ0v) is 29.1. The van der Waals surface area contributed by atoms with Crippen LogP contribution in [0.1, 0.15) is 0 Å². The highest BCUT2D eigenvalue weighted by Gasteiger charge is 2.18. The third kappa shape index (κ3) is 4.34. The maximum atomic E-state index is 6.43. The number of benzene rings is 10. The summed E-state index contributed by atoms with van der Waals surface area (Å²) in [7, 11) is 0. The second kappa shape index (κ2) is 11.2. The summed E-state index contributed by atoms with van der Waals surface area (Å²) in [5.41, 5.74) is 10.9. The van der Waals surface area contributed by atoms with Crippen LogP contribution in [0.15, 0.2) is 191 Å². The average molecular weight is 687 g/mol. The summed E-state index contributed by atoms with van der Waals surface area (Å²) in [4.78, 5) is 0. The van der Waals surface area contributed by atoms with E-state index in [0.717, 1.165) is 49.3 Å². The van der Waals surface area contributed by atoms with E-state index in [1.807, 2.05) is 18.2 Å². The number of hydrogen-bond acceptors (Lipinski definition) is 2. The maximum absolute atomic E-state index is 6.43. The Bertz CT molecular complexity index is 3430. The molecule has 0 aliphatic carbocycles.